The molecule has 0 aliphatic rings. The zero-order valence-electron chi connectivity index (χ0n) is 16.7. The highest BCUT2D eigenvalue weighted by Gasteiger charge is 2.33. The largest absolute Gasteiger partial charge is 0.466 e. The molecule has 1 aromatic carbocycles. The number of hydrogen-bond donors (Lipinski definition) is 0. The molecule has 1 aromatic rings. The average molecular weight is 400 g/mol. The van der Waals surface area contributed by atoms with E-state index >= 15 is 0 Å². The van der Waals surface area contributed by atoms with Gasteiger partial charge >= 0.3 is 23.9 Å². The fourth-order valence-corrected chi connectivity index (χ4v) is 2.20. The van der Waals surface area contributed by atoms with Crippen molar-refractivity contribution in [3.05, 3.63) is 58.2 Å². The van der Waals surface area contributed by atoms with Crippen molar-refractivity contribution in [2.45, 2.75) is 6.92 Å². The predicted octanol–water partition coefficient (Wildman–Crippen LogP) is 1.34. The van der Waals surface area contributed by atoms with Gasteiger partial charge in [0.2, 0.25) is 0 Å². The van der Waals surface area contributed by atoms with Crippen LogP contribution in [0.3, 0.4) is 0 Å². The lowest BCUT2D eigenvalue weighted by Gasteiger charge is -2.13. The molecule has 0 heterocycles. The topological polar surface area (TPSA) is 105 Å². The van der Waals surface area contributed by atoms with Crippen LogP contribution in [0.25, 0.3) is 0 Å². The molecule has 0 aliphatic heterocycles. The molecule has 0 spiro atoms. The minimum Gasteiger partial charge on any atom is -0.466 e. The number of hydrogen-bond acceptors (Lipinski definition) is 8. The number of rotatable bonds is 5. The average Bonchev–Trinajstić information content (AvgIpc) is 2.76. The Hall–Kier alpha value is -3.86. The maximum absolute atomic E-state index is 12.5. The second kappa shape index (κ2) is 11.1. The first-order chi connectivity index (χ1) is 13.8. The van der Waals surface area contributed by atoms with Crippen molar-refractivity contribution in [3.63, 3.8) is 0 Å². The number of methoxy groups -OCH3 is 4. The molecule has 0 amide bonds. The van der Waals surface area contributed by atoms with Gasteiger partial charge in [0.15, 0.2) is 0 Å². The summed E-state index contributed by atoms with van der Waals surface area (Å²) in [4.78, 5) is 49.3. The van der Waals surface area contributed by atoms with Crippen molar-refractivity contribution in [3.8, 4) is 11.8 Å². The maximum atomic E-state index is 12.5. The summed E-state index contributed by atoms with van der Waals surface area (Å²) in [5.74, 6) is 1.18. The third kappa shape index (κ3) is 5.81. The molecular weight excluding hydrogens is 380 g/mol. The molecule has 8 heteroatoms. The molecule has 0 aromatic heterocycles. The third-order valence-corrected chi connectivity index (χ3v) is 3.64. The highest BCUT2D eigenvalue weighted by Crippen LogP contribution is 2.23. The summed E-state index contributed by atoms with van der Waals surface area (Å²) in [6.45, 7) is 1.24. The molecule has 0 radical (unpaired) electrons. The SMILES string of the molecule is COC(=O)/C(C)=C(C(=O)OC)/C(C(=O)OC)=C(\C#Cc1ccccc1)C(=O)OC. The van der Waals surface area contributed by atoms with Gasteiger partial charge in [0.05, 0.1) is 39.6 Å². The van der Waals surface area contributed by atoms with E-state index in [4.69, 9.17) is 9.47 Å². The Morgan fingerprint density at radius 2 is 1.17 bits per heavy atom. The van der Waals surface area contributed by atoms with Gasteiger partial charge in [-0.15, -0.1) is 0 Å². The fraction of sp³-hybridized carbons (Fsp3) is 0.238. The van der Waals surface area contributed by atoms with Gasteiger partial charge in [0.1, 0.15) is 5.57 Å². The van der Waals surface area contributed by atoms with Crippen LogP contribution < -0.4 is 0 Å². The van der Waals surface area contributed by atoms with Gasteiger partial charge < -0.3 is 18.9 Å². The van der Waals surface area contributed by atoms with Gasteiger partial charge in [0.25, 0.3) is 0 Å². The second-order valence-electron chi connectivity index (χ2n) is 5.33. The van der Waals surface area contributed by atoms with Crippen molar-refractivity contribution < 1.29 is 38.1 Å². The highest BCUT2D eigenvalue weighted by atomic mass is 16.5. The lowest BCUT2D eigenvalue weighted by molar-refractivity contribution is -0.141. The first-order valence-electron chi connectivity index (χ1n) is 8.18. The van der Waals surface area contributed by atoms with Crippen LogP contribution in [-0.2, 0) is 38.1 Å². The van der Waals surface area contributed by atoms with E-state index in [2.05, 4.69) is 21.3 Å². The number of ether oxygens (including phenoxy) is 4. The molecule has 0 saturated carbocycles. The van der Waals surface area contributed by atoms with Crippen LogP contribution in [0, 0.1) is 11.8 Å². The van der Waals surface area contributed by atoms with Gasteiger partial charge in [-0.3, -0.25) is 0 Å². The summed E-state index contributed by atoms with van der Waals surface area (Å²) >= 11 is 0. The number of carbonyl (C=O) groups excluding carboxylic acids is 4. The molecule has 0 aliphatic carbocycles. The van der Waals surface area contributed by atoms with E-state index in [-0.39, 0.29) is 5.57 Å². The first-order valence-corrected chi connectivity index (χ1v) is 8.18. The Labute approximate surface area is 168 Å². The third-order valence-electron chi connectivity index (χ3n) is 3.64. The normalized spacial score (nSPS) is 11.6. The standard InChI is InChI=1S/C21H20O8/c1-13(18(22)26-2)16(20(24)28-4)17(21(25)29-5)15(19(23)27-3)12-11-14-9-7-6-8-10-14/h6-10H,1-5H3/b16-13-,17-15-. The van der Waals surface area contributed by atoms with Crippen molar-refractivity contribution in [2.75, 3.05) is 28.4 Å². The van der Waals surface area contributed by atoms with Crippen LogP contribution in [-0.4, -0.2) is 52.3 Å². The summed E-state index contributed by atoms with van der Waals surface area (Å²) in [5, 5.41) is 0. The smallest absolute Gasteiger partial charge is 0.347 e. The highest BCUT2D eigenvalue weighted by molar-refractivity contribution is 6.16. The van der Waals surface area contributed by atoms with Crippen molar-refractivity contribution >= 4 is 23.9 Å². The van der Waals surface area contributed by atoms with Crippen LogP contribution in [0.4, 0.5) is 0 Å². The van der Waals surface area contributed by atoms with E-state index < -0.39 is 40.6 Å². The molecular formula is C21H20O8. The molecule has 0 atom stereocenters. The summed E-state index contributed by atoms with van der Waals surface area (Å²) in [5.41, 5.74) is -1.31. The van der Waals surface area contributed by atoms with E-state index in [0.29, 0.717) is 5.56 Å². The van der Waals surface area contributed by atoms with Gasteiger partial charge in [-0.2, -0.15) is 0 Å². The fourth-order valence-electron chi connectivity index (χ4n) is 2.20. The molecule has 0 N–H and O–H groups in total. The molecule has 152 valence electrons. The monoisotopic (exact) mass is 400 g/mol. The minimum atomic E-state index is -1.09. The predicted molar refractivity (Wildman–Crippen MR) is 101 cm³/mol. The summed E-state index contributed by atoms with van der Waals surface area (Å²) < 4.78 is 18.7. The zero-order valence-corrected chi connectivity index (χ0v) is 16.7. The van der Waals surface area contributed by atoms with Crippen LogP contribution in [0.15, 0.2) is 52.6 Å². The van der Waals surface area contributed by atoms with Crippen molar-refractivity contribution in [1.29, 1.82) is 0 Å². The molecule has 0 fully saturated rings. The van der Waals surface area contributed by atoms with E-state index in [9.17, 15) is 19.2 Å². The van der Waals surface area contributed by atoms with Crippen molar-refractivity contribution in [1.82, 2.24) is 0 Å². The zero-order chi connectivity index (χ0) is 22.0. The maximum Gasteiger partial charge on any atom is 0.347 e. The summed E-state index contributed by atoms with van der Waals surface area (Å²) in [7, 11) is 4.27. The number of carbonyl (C=O) groups is 4. The van der Waals surface area contributed by atoms with Crippen molar-refractivity contribution in [2.24, 2.45) is 0 Å². The second-order valence-corrected chi connectivity index (χ2v) is 5.33. The molecule has 0 saturated heterocycles. The molecule has 8 nitrogen and oxygen atoms in total. The Bertz CT molecular complexity index is 926. The summed E-state index contributed by atoms with van der Waals surface area (Å²) in [6.07, 6.45) is 0. The van der Waals surface area contributed by atoms with Gasteiger partial charge in [-0.25, -0.2) is 19.2 Å². The lowest BCUT2D eigenvalue weighted by Crippen LogP contribution is -2.23. The Balaban J connectivity index is 3.96. The van der Waals surface area contributed by atoms with E-state index in [0.717, 1.165) is 28.4 Å². The first kappa shape index (κ1) is 23.2. The molecule has 0 bridgehead atoms. The lowest BCUT2D eigenvalue weighted by atomic mass is 9.95. The Morgan fingerprint density at radius 3 is 1.66 bits per heavy atom. The molecule has 1 rings (SSSR count). The Kier molecular flexibility index (Phi) is 8.86. The van der Waals surface area contributed by atoms with Gasteiger partial charge in [-0.1, -0.05) is 30.0 Å². The number of esters is 4. The van der Waals surface area contributed by atoms with Gasteiger partial charge in [-0.05, 0) is 19.1 Å². The van der Waals surface area contributed by atoms with E-state index in [1.807, 2.05) is 0 Å². The molecule has 29 heavy (non-hydrogen) atoms. The van der Waals surface area contributed by atoms with Crippen LogP contribution in [0.1, 0.15) is 12.5 Å². The van der Waals surface area contributed by atoms with Crippen LogP contribution in [0.5, 0.6) is 0 Å². The summed E-state index contributed by atoms with van der Waals surface area (Å²) in [6, 6.07) is 8.59. The van der Waals surface area contributed by atoms with E-state index in [1.165, 1.54) is 6.92 Å². The quantitative estimate of drug-likeness (QED) is 0.240. The minimum absolute atomic E-state index is 0.275. The van der Waals surface area contributed by atoms with Crippen LogP contribution >= 0.6 is 0 Å². The van der Waals surface area contributed by atoms with Gasteiger partial charge in [0, 0.05) is 11.1 Å². The van der Waals surface area contributed by atoms with Crippen LogP contribution in [0.2, 0.25) is 0 Å². The molecule has 0 unspecified atom stereocenters. The Morgan fingerprint density at radius 1 is 0.690 bits per heavy atom. The number of benzene rings is 1. The van der Waals surface area contributed by atoms with E-state index in [1.54, 1.807) is 30.3 Å².